The zero-order valence-electron chi connectivity index (χ0n) is 22.1. The molecule has 0 aromatic heterocycles. The number of hydrogen-bond donors (Lipinski definition) is 1. The number of carbonyl (C=O) groups is 2. The highest BCUT2D eigenvalue weighted by molar-refractivity contribution is 7.92. The Morgan fingerprint density at radius 2 is 1.61 bits per heavy atom. The number of anilines is 1. The van der Waals surface area contributed by atoms with Crippen molar-refractivity contribution in [2.45, 2.75) is 57.6 Å². The van der Waals surface area contributed by atoms with E-state index in [1.807, 2.05) is 45.0 Å². The Morgan fingerprint density at radius 3 is 2.21 bits per heavy atom. The van der Waals surface area contributed by atoms with Crippen LogP contribution in [0, 0.1) is 12.7 Å². The van der Waals surface area contributed by atoms with Crippen molar-refractivity contribution in [1.29, 1.82) is 0 Å². The topological polar surface area (TPSA) is 86.8 Å². The highest BCUT2D eigenvalue weighted by atomic mass is 32.2. The molecule has 0 saturated carbocycles. The van der Waals surface area contributed by atoms with Crippen LogP contribution < -0.4 is 9.62 Å². The maximum absolute atomic E-state index is 13.8. The van der Waals surface area contributed by atoms with Crippen LogP contribution >= 0.6 is 0 Å². The summed E-state index contributed by atoms with van der Waals surface area (Å²) in [4.78, 5) is 28.2. The van der Waals surface area contributed by atoms with Crippen molar-refractivity contribution in [2.75, 3.05) is 10.8 Å². The average Bonchev–Trinajstić information content (AvgIpc) is 2.90. The molecule has 0 aliphatic rings. The minimum absolute atomic E-state index is 0.00933. The van der Waals surface area contributed by atoms with Crippen molar-refractivity contribution in [1.82, 2.24) is 10.2 Å². The van der Waals surface area contributed by atoms with Gasteiger partial charge < -0.3 is 10.2 Å². The first-order valence-corrected chi connectivity index (χ1v) is 14.0. The van der Waals surface area contributed by atoms with E-state index < -0.39 is 34.3 Å². The number of amides is 2. The van der Waals surface area contributed by atoms with Gasteiger partial charge in [-0.2, -0.15) is 0 Å². The van der Waals surface area contributed by atoms with Crippen LogP contribution in [0.4, 0.5) is 10.1 Å². The maximum atomic E-state index is 13.8. The summed E-state index contributed by atoms with van der Waals surface area (Å²) in [5.41, 5.74) is 1.93. The first-order chi connectivity index (χ1) is 18.0. The van der Waals surface area contributed by atoms with Gasteiger partial charge in [0, 0.05) is 12.6 Å². The molecule has 202 valence electrons. The largest absolute Gasteiger partial charge is 0.352 e. The summed E-state index contributed by atoms with van der Waals surface area (Å²) >= 11 is 0. The molecular weight excluding hydrogens is 505 g/mol. The summed E-state index contributed by atoms with van der Waals surface area (Å²) in [6, 6.07) is 19.2. The first-order valence-electron chi connectivity index (χ1n) is 12.5. The Kier molecular flexibility index (Phi) is 9.63. The number of carbonyl (C=O) groups excluding carboxylic acids is 2. The predicted octanol–water partition coefficient (Wildman–Crippen LogP) is 4.66. The van der Waals surface area contributed by atoms with E-state index in [1.54, 1.807) is 25.1 Å². The summed E-state index contributed by atoms with van der Waals surface area (Å²) in [5.74, 6) is -1.43. The molecule has 0 fully saturated rings. The smallest absolute Gasteiger partial charge is 0.264 e. The van der Waals surface area contributed by atoms with Gasteiger partial charge in [0.15, 0.2) is 0 Å². The fourth-order valence-corrected chi connectivity index (χ4v) is 5.35. The molecular formula is C29H34FN3O4S. The lowest BCUT2D eigenvalue weighted by Gasteiger charge is -2.32. The number of nitrogens with zero attached hydrogens (tertiary/aromatic N) is 2. The fourth-order valence-electron chi connectivity index (χ4n) is 3.91. The van der Waals surface area contributed by atoms with Gasteiger partial charge in [-0.1, -0.05) is 55.0 Å². The number of aryl methyl sites for hydroxylation is 1. The maximum Gasteiger partial charge on any atom is 0.264 e. The van der Waals surface area contributed by atoms with Crippen LogP contribution in [0.5, 0.6) is 0 Å². The molecule has 0 aliphatic carbocycles. The van der Waals surface area contributed by atoms with Crippen LogP contribution in [0.15, 0.2) is 83.8 Å². The van der Waals surface area contributed by atoms with Crippen LogP contribution in [0.25, 0.3) is 0 Å². The quantitative estimate of drug-likeness (QED) is 0.384. The average molecular weight is 540 g/mol. The van der Waals surface area contributed by atoms with Gasteiger partial charge in [-0.3, -0.25) is 13.9 Å². The summed E-state index contributed by atoms with van der Waals surface area (Å²) < 4.78 is 41.9. The molecule has 3 aromatic carbocycles. The third-order valence-corrected chi connectivity index (χ3v) is 8.12. The molecule has 2 amide bonds. The summed E-state index contributed by atoms with van der Waals surface area (Å²) in [7, 11) is -4.18. The lowest BCUT2D eigenvalue weighted by Crippen LogP contribution is -2.52. The molecule has 9 heteroatoms. The molecule has 0 spiro atoms. The van der Waals surface area contributed by atoms with E-state index in [0.717, 1.165) is 34.0 Å². The minimum Gasteiger partial charge on any atom is -0.352 e. The van der Waals surface area contributed by atoms with E-state index in [-0.39, 0.29) is 29.1 Å². The van der Waals surface area contributed by atoms with E-state index in [0.29, 0.717) is 0 Å². The SMILES string of the molecule is CCC(C)NC(=O)C(C)N(Cc1cccc(C)c1)C(=O)CN(c1ccc(F)cc1)S(=O)(=O)c1ccccc1. The van der Waals surface area contributed by atoms with Gasteiger partial charge in [-0.15, -0.1) is 0 Å². The van der Waals surface area contributed by atoms with Crippen molar-refractivity contribution in [3.8, 4) is 0 Å². The molecule has 0 aliphatic heterocycles. The van der Waals surface area contributed by atoms with E-state index >= 15 is 0 Å². The second-order valence-electron chi connectivity index (χ2n) is 9.31. The number of hydrogen-bond acceptors (Lipinski definition) is 4. The molecule has 2 unspecified atom stereocenters. The molecule has 2 atom stereocenters. The standard InChI is InChI=1S/C29H34FN3O4S/c1-5-22(3)31-29(35)23(4)32(19-24-11-9-10-21(2)18-24)28(34)20-33(26-16-14-25(30)15-17-26)38(36,37)27-12-7-6-8-13-27/h6-18,22-23H,5,19-20H2,1-4H3,(H,31,35). The molecule has 1 N–H and O–H groups in total. The number of nitrogens with one attached hydrogen (secondary N) is 1. The number of rotatable bonds is 11. The van der Waals surface area contributed by atoms with Gasteiger partial charge in [0.25, 0.3) is 10.0 Å². The molecule has 0 bridgehead atoms. The van der Waals surface area contributed by atoms with Crippen molar-refractivity contribution >= 4 is 27.5 Å². The van der Waals surface area contributed by atoms with Crippen molar-refractivity contribution in [3.63, 3.8) is 0 Å². The second-order valence-corrected chi connectivity index (χ2v) is 11.2. The van der Waals surface area contributed by atoms with Crippen LogP contribution in [0.1, 0.15) is 38.3 Å². The third-order valence-electron chi connectivity index (χ3n) is 6.33. The molecule has 0 heterocycles. The van der Waals surface area contributed by atoms with Crippen LogP contribution in [-0.2, 0) is 26.2 Å². The van der Waals surface area contributed by atoms with E-state index in [9.17, 15) is 22.4 Å². The van der Waals surface area contributed by atoms with Crippen LogP contribution in [0.2, 0.25) is 0 Å². The minimum atomic E-state index is -4.18. The lowest BCUT2D eigenvalue weighted by molar-refractivity contribution is -0.139. The Morgan fingerprint density at radius 1 is 0.947 bits per heavy atom. The fraction of sp³-hybridized carbons (Fsp3) is 0.310. The second kappa shape index (κ2) is 12.7. The molecule has 38 heavy (non-hydrogen) atoms. The van der Waals surface area contributed by atoms with Crippen LogP contribution in [0.3, 0.4) is 0 Å². The Labute approximate surface area is 224 Å². The normalized spacial score (nSPS) is 12.9. The molecule has 0 saturated heterocycles. The Balaban J connectivity index is 2.01. The Hall–Kier alpha value is -3.72. The monoisotopic (exact) mass is 539 g/mol. The number of benzene rings is 3. The van der Waals surface area contributed by atoms with Crippen LogP contribution in [-0.4, -0.2) is 43.8 Å². The zero-order valence-corrected chi connectivity index (χ0v) is 22.9. The van der Waals surface area contributed by atoms with Gasteiger partial charge in [0.2, 0.25) is 11.8 Å². The predicted molar refractivity (Wildman–Crippen MR) is 146 cm³/mol. The van der Waals surface area contributed by atoms with Crippen molar-refractivity contribution in [3.05, 3.63) is 95.8 Å². The summed E-state index contributed by atoms with van der Waals surface area (Å²) in [5, 5.41) is 2.90. The summed E-state index contributed by atoms with van der Waals surface area (Å²) in [6.45, 7) is 6.91. The highest BCUT2D eigenvalue weighted by Crippen LogP contribution is 2.25. The molecule has 7 nitrogen and oxygen atoms in total. The van der Waals surface area contributed by atoms with E-state index in [1.165, 1.54) is 29.2 Å². The zero-order chi connectivity index (χ0) is 27.9. The number of sulfonamides is 1. The van der Waals surface area contributed by atoms with Crippen molar-refractivity contribution < 1.29 is 22.4 Å². The van der Waals surface area contributed by atoms with E-state index in [4.69, 9.17) is 0 Å². The van der Waals surface area contributed by atoms with Gasteiger partial charge >= 0.3 is 0 Å². The first kappa shape index (κ1) is 28.8. The number of halogens is 1. The van der Waals surface area contributed by atoms with Gasteiger partial charge in [0.1, 0.15) is 18.4 Å². The molecule has 3 aromatic rings. The Bertz CT molecular complexity index is 1350. The molecule has 3 rings (SSSR count). The van der Waals surface area contributed by atoms with E-state index in [2.05, 4.69) is 5.32 Å². The highest BCUT2D eigenvalue weighted by Gasteiger charge is 2.32. The lowest BCUT2D eigenvalue weighted by atomic mass is 10.1. The van der Waals surface area contributed by atoms with Gasteiger partial charge in [0.05, 0.1) is 10.6 Å². The van der Waals surface area contributed by atoms with Crippen molar-refractivity contribution in [2.24, 2.45) is 0 Å². The summed E-state index contributed by atoms with van der Waals surface area (Å²) in [6.07, 6.45) is 0.720. The molecule has 0 radical (unpaired) electrons. The van der Waals surface area contributed by atoms with Gasteiger partial charge in [-0.05, 0) is 69.2 Å². The van der Waals surface area contributed by atoms with Gasteiger partial charge in [-0.25, -0.2) is 12.8 Å². The third kappa shape index (κ3) is 7.19.